The van der Waals surface area contributed by atoms with Crippen LogP contribution in [-0.4, -0.2) is 46.9 Å². The first kappa shape index (κ1) is 22.4. The predicted octanol–water partition coefficient (Wildman–Crippen LogP) is 3.20. The van der Waals surface area contributed by atoms with Gasteiger partial charge in [-0.1, -0.05) is 45.1 Å². The van der Waals surface area contributed by atoms with E-state index in [0.29, 0.717) is 19.5 Å². The number of nitrogens with one attached hydrogen (secondary N) is 1. The van der Waals surface area contributed by atoms with E-state index in [1.165, 1.54) is 4.88 Å². The number of thiazole rings is 1. The van der Waals surface area contributed by atoms with Crippen LogP contribution in [0.1, 0.15) is 50.6 Å². The molecule has 0 saturated carbocycles. The lowest BCUT2D eigenvalue weighted by molar-refractivity contribution is -0.141. The third-order valence-electron chi connectivity index (χ3n) is 5.71. The number of carbonyl (C=O) groups is 2. The van der Waals surface area contributed by atoms with Gasteiger partial charge in [0.1, 0.15) is 6.04 Å². The molecule has 7 heteroatoms. The van der Waals surface area contributed by atoms with E-state index in [4.69, 9.17) is 5.73 Å². The highest BCUT2D eigenvalue weighted by Crippen LogP contribution is 2.27. The Labute approximate surface area is 182 Å². The molecule has 3 rings (SSSR count). The molecule has 1 aromatic heterocycles. The average Bonchev–Trinajstić information content (AvgIpc) is 3.29. The van der Waals surface area contributed by atoms with Crippen molar-refractivity contribution in [3.8, 4) is 0 Å². The summed E-state index contributed by atoms with van der Waals surface area (Å²) in [5, 5.41) is 3.02. The van der Waals surface area contributed by atoms with Gasteiger partial charge in [0.25, 0.3) is 0 Å². The number of allylic oxidation sites excluding steroid dienone is 4. The number of amides is 2. The minimum absolute atomic E-state index is 0.105. The molecule has 3 N–H and O–H groups in total. The van der Waals surface area contributed by atoms with Gasteiger partial charge in [0.15, 0.2) is 0 Å². The fourth-order valence-electron chi connectivity index (χ4n) is 3.71. The van der Waals surface area contributed by atoms with E-state index in [-0.39, 0.29) is 17.2 Å². The lowest BCUT2D eigenvalue weighted by Gasteiger charge is -2.32. The molecule has 6 nitrogen and oxygen atoms in total. The van der Waals surface area contributed by atoms with Crippen LogP contribution in [0.4, 0.5) is 0 Å². The molecule has 1 aliphatic heterocycles. The van der Waals surface area contributed by atoms with Gasteiger partial charge in [0.2, 0.25) is 11.8 Å². The molecule has 2 aliphatic rings. The molecule has 30 heavy (non-hydrogen) atoms. The summed E-state index contributed by atoms with van der Waals surface area (Å²) >= 11 is 1.64. The van der Waals surface area contributed by atoms with Crippen molar-refractivity contribution in [3.05, 3.63) is 46.0 Å². The summed E-state index contributed by atoms with van der Waals surface area (Å²) in [5.74, 6) is -0.241. The Morgan fingerprint density at radius 1 is 1.33 bits per heavy atom. The fourth-order valence-corrected chi connectivity index (χ4v) is 4.53. The Morgan fingerprint density at radius 3 is 2.77 bits per heavy atom. The van der Waals surface area contributed by atoms with Crippen molar-refractivity contribution in [1.82, 2.24) is 15.2 Å². The van der Waals surface area contributed by atoms with Gasteiger partial charge in [-0.25, -0.2) is 4.98 Å². The highest BCUT2D eigenvalue weighted by molar-refractivity contribution is 7.11. The van der Waals surface area contributed by atoms with Crippen LogP contribution in [0.5, 0.6) is 0 Å². The Balaban J connectivity index is 1.58. The second kappa shape index (κ2) is 9.27. The van der Waals surface area contributed by atoms with Crippen LogP contribution in [0.2, 0.25) is 0 Å². The first-order valence-electron chi connectivity index (χ1n) is 10.5. The van der Waals surface area contributed by atoms with Crippen LogP contribution < -0.4 is 11.1 Å². The summed E-state index contributed by atoms with van der Waals surface area (Å²) in [5.41, 5.74) is 10.9. The number of hydrogen-bond donors (Lipinski definition) is 2. The van der Waals surface area contributed by atoms with Gasteiger partial charge in [-0.2, -0.15) is 0 Å². The second-order valence-electron chi connectivity index (χ2n) is 9.03. The minimum Gasteiger partial charge on any atom is -0.350 e. The smallest absolute Gasteiger partial charge is 0.243 e. The van der Waals surface area contributed by atoms with Crippen LogP contribution >= 0.6 is 11.3 Å². The number of nitrogens with two attached hydrogens (primary N) is 1. The zero-order valence-corrected chi connectivity index (χ0v) is 19.1. The average molecular weight is 429 g/mol. The van der Waals surface area contributed by atoms with E-state index in [0.717, 1.165) is 29.7 Å². The normalized spacial score (nSPS) is 20.4. The number of carbonyl (C=O) groups excluding carboxylic acids is 2. The quantitative estimate of drug-likeness (QED) is 0.754. The number of aromatic nitrogens is 1. The largest absolute Gasteiger partial charge is 0.350 e. The van der Waals surface area contributed by atoms with Crippen molar-refractivity contribution in [1.29, 1.82) is 0 Å². The first-order valence-corrected chi connectivity index (χ1v) is 11.4. The lowest BCUT2D eigenvalue weighted by atomic mass is 9.86. The van der Waals surface area contributed by atoms with Crippen LogP contribution in [0, 0.1) is 12.3 Å². The topological polar surface area (TPSA) is 88.3 Å². The molecular weight excluding hydrogens is 396 g/mol. The van der Waals surface area contributed by atoms with Gasteiger partial charge in [0, 0.05) is 13.1 Å². The lowest BCUT2D eigenvalue weighted by Crippen LogP contribution is -2.54. The number of likely N-dealkylation sites (tertiary alicyclic amines) is 1. The summed E-state index contributed by atoms with van der Waals surface area (Å²) in [6.45, 7) is 8.89. The number of hydrogen-bond acceptors (Lipinski definition) is 5. The maximum absolute atomic E-state index is 12.8. The van der Waals surface area contributed by atoms with Gasteiger partial charge in [0.05, 0.1) is 22.1 Å². The van der Waals surface area contributed by atoms with E-state index in [1.54, 1.807) is 16.2 Å². The zero-order valence-electron chi connectivity index (χ0n) is 18.3. The molecule has 2 atom stereocenters. The van der Waals surface area contributed by atoms with Crippen LogP contribution in [-0.2, 0) is 9.59 Å². The summed E-state index contributed by atoms with van der Waals surface area (Å²) in [7, 11) is 0. The maximum Gasteiger partial charge on any atom is 0.243 e. The molecular formula is C23H32N4O2S. The van der Waals surface area contributed by atoms with Gasteiger partial charge in [-0.3, -0.25) is 9.59 Å². The number of nitrogens with zero attached hydrogens (tertiary/aromatic N) is 2. The SMILES string of the molecule is Cc1ncsc1C1=CCC=C(CNC(=O)C2CCCN2C(=O)C(N)C(C)(C)C)C=C1. The Morgan fingerprint density at radius 2 is 2.10 bits per heavy atom. The summed E-state index contributed by atoms with van der Waals surface area (Å²) < 4.78 is 0. The van der Waals surface area contributed by atoms with Crippen LogP contribution in [0.25, 0.3) is 5.57 Å². The van der Waals surface area contributed by atoms with E-state index < -0.39 is 12.1 Å². The van der Waals surface area contributed by atoms with Crippen molar-refractivity contribution >= 4 is 28.7 Å². The molecule has 1 fully saturated rings. The minimum atomic E-state index is -0.613. The van der Waals surface area contributed by atoms with Crippen molar-refractivity contribution in [2.45, 2.75) is 59.0 Å². The second-order valence-corrected chi connectivity index (χ2v) is 9.88. The van der Waals surface area contributed by atoms with E-state index in [1.807, 2.05) is 39.3 Å². The summed E-state index contributed by atoms with van der Waals surface area (Å²) in [4.78, 5) is 32.8. The van der Waals surface area contributed by atoms with E-state index >= 15 is 0 Å². The standard InChI is InChI=1S/C23H32N4O2S/c1-15-19(30-14-26-15)17-8-5-7-16(10-11-17)13-25-21(28)18-9-6-12-27(18)22(29)20(24)23(2,3)4/h7-8,10-11,14,18,20H,5-6,9,12-13,24H2,1-4H3,(H,25,28). The van der Waals surface area contributed by atoms with Crippen LogP contribution in [0.3, 0.4) is 0 Å². The molecule has 2 amide bonds. The van der Waals surface area contributed by atoms with Crippen molar-refractivity contribution in [2.75, 3.05) is 13.1 Å². The van der Waals surface area contributed by atoms with Crippen molar-refractivity contribution in [2.24, 2.45) is 11.1 Å². The molecule has 0 aromatic carbocycles. The highest BCUT2D eigenvalue weighted by Gasteiger charge is 2.39. The molecule has 0 bridgehead atoms. The third-order valence-corrected chi connectivity index (χ3v) is 6.68. The predicted molar refractivity (Wildman–Crippen MR) is 122 cm³/mol. The molecule has 1 aromatic rings. The van der Waals surface area contributed by atoms with Gasteiger partial charge in [-0.15, -0.1) is 11.3 Å². The van der Waals surface area contributed by atoms with Gasteiger partial charge in [-0.05, 0) is 42.7 Å². The third kappa shape index (κ3) is 5.08. The number of rotatable bonds is 5. The number of aryl methyl sites for hydroxylation is 1. The molecule has 1 aliphatic carbocycles. The fraction of sp³-hybridized carbons (Fsp3) is 0.522. The molecule has 2 heterocycles. The molecule has 2 unspecified atom stereocenters. The first-order chi connectivity index (χ1) is 14.2. The van der Waals surface area contributed by atoms with Gasteiger partial charge < -0.3 is 16.0 Å². The molecule has 0 spiro atoms. The van der Waals surface area contributed by atoms with Crippen LogP contribution in [0.15, 0.2) is 35.4 Å². The Kier molecular flexibility index (Phi) is 6.93. The molecule has 0 radical (unpaired) electrons. The monoisotopic (exact) mass is 428 g/mol. The Bertz CT molecular complexity index is 891. The van der Waals surface area contributed by atoms with Crippen molar-refractivity contribution in [3.63, 3.8) is 0 Å². The molecule has 1 saturated heterocycles. The van der Waals surface area contributed by atoms with Crippen molar-refractivity contribution < 1.29 is 9.59 Å². The summed E-state index contributed by atoms with van der Waals surface area (Å²) in [6.07, 6.45) is 10.7. The highest BCUT2D eigenvalue weighted by atomic mass is 32.1. The van der Waals surface area contributed by atoms with E-state index in [2.05, 4.69) is 28.5 Å². The van der Waals surface area contributed by atoms with Gasteiger partial charge >= 0.3 is 0 Å². The molecule has 162 valence electrons. The maximum atomic E-state index is 12.8. The Hall–Kier alpha value is -2.25. The van der Waals surface area contributed by atoms with E-state index in [9.17, 15) is 9.59 Å². The summed E-state index contributed by atoms with van der Waals surface area (Å²) in [6, 6.07) is -1.05. The zero-order chi connectivity index (χ0) is 21.9.